The Bertz CT molecular complexity index is 170. The van der Waals surface area contributed by atoms with Gasteiger partial charge in [-0.25, -0.2) is 0 Å². The molecular formula is C9H11O. The lowest BCUT2D eigenvalue weighted by Gasteiger charge is -2.28. The van der Waals surface area contributed by atoms with E-state index in [1.54, 1.807) is 0 Å². The van der Waals surface area contributed by atoms with Gasteiger partial charge in [-0.05, 0) is 18.9 Å². The summed E-state index contributed by atoms with van der Waals surface area (Å²) in [5.74, 6) is 0.634. The standard InChI is InChI=1S/C9H11O/c1-2-6-9-8(4-1)5-3-7-10-9/h1,3,5,8-9H,4,6-7H2. The Morgan fingerprint density at radius 2 is 2.50 bits per heavy atom. The van der Waals surface area contributed by atoms with Crippen molar-refractivity contribution in [1.29, 1.82) is 0 Å². The van der Waals surface area contributed by atoms with Gasteiger partial charge in [0.05, 0.1) is 12.7 Å². The topological polar surface area (TPSA) is 9.23 Å². The zero-order valence-electron chi connectivity index (χ0n) is 5.92. The van der Waals surface area contributed by atoms with Crippen LogP contribution in [0, 0.1) is 12.0 Å². The Balaban J connectivity index is 2.12. The smallest absolute Gasteiger partial charge is 0.0685 e. The maximum Gasteiger partial charge on any atom is 0.0685 e. The zero-order valence-corrected chi connectivity index (χ0v) is 5.92. The summed E-state index contributed by atoms with van der Waals surface area (Å²) in [5, 5.41) is 0. The summed E-state index contributed by atoms with van der Waals surface area (Å²) in [4.78, 5) is 0. The zero-order chi connectivity index (χ0) is 6.81. The van der Waals surface area contributed by atoms with Crippen LogP contribution in [0.4, 0.5) is 0 Å². The van der Waals surface area contributed by atoms with E-state index in [-0.39, 0.29) is 0 Å². The number of allylic oxidation sites excluding steroid dienone is 1. The van der Waals surface area contributed by atoms with Crippen molar-refractivity contribution in [2.45, 2.75) is 18.9 Å². The van der Waals surface area contributed by atoms with Gasteiger partial charge in [0.1, 0.15) is 0 Å². The van der Waals surface area contributed by atoms with Crippen LogP contribution in [0.3, 0.4) is 0 Å². The average Bonchev–Trinajstić information content (AvgIpc) is 2.05. The van der Waals surface area contributed by atoms with Crippen LogP contribution >= 0.6 is 0 Å². The van der Waals surface area contributed by atoms with Crippen LogP contribution in [0.1, 0.15) is 12.8 Å². The van der Waals surface area contributed by atoms with Crippen LogP contribution in [0.2, 0.25) is 0 Å². The van der Waals surface area contributed by atoms with Gasteiger partial charge in [0.2, 0.25) is 0 Å². The summed E-state index contributed by atoms with van der Waals surface area (Å²) in [6.07, 6.45) is 12.2. The lowest BCUT2D eigenvalue weighted by Crippen LogP contribution is -2.27. The number of fused-ring (bicyclic) bond motifs is 1. The summed E-state index contributed by atoms with van der Waals surface area (Å²) in [7, 11) is 0. The number of hydrogen-bond acceptors (Lipinski definition) is 1. The van der Waals surface area contributed by atoms with E-state index in [9.17, 15) is 0 Å². The van der Waals surface area contributed by atoms with Crippen LogP contribution in [0.25, 0.3) is 0 Å². The van der Waals surface area contributed by atoms with Crippen molar-refractivity contribution < 1.29 is 4.74 Å². The first-order chi connectivity index (χ1) is 4.97. The molecule has 53 valence electrons. The molecule has 0 aromatic heterocycles. The second kappa shape index (κ2) is 2.59. The normalized spacial score (nSPS) is 37.6. The van der Waals surface area contributed by atoms with Crippen molar-refractivity contribution in [2.24, 2.45) is 5.92 Å². The van der Waals surface area contributed by atoms with Gasteiger partial charge in [-0.3, -0.25) is 0 Å². The third kappa shape index (κ3) is 1.01. The molecule has 0 amide bonds. The second-order valence-corrected chi connectivity index (χ2v) is 2.81. The predicted molar refractivity (Wildman–Crippen MR) is 39.4 cm³/mol. The fourth-order valence-corrected chi connectivity index (χ4v) is 1.52. The molecule has 1 aliphatic carbocycles. The summed E-state index contributed by atoms with van der Waals surface area (Å²) in [6, 6.07) is 0. The quantitative estimate of drug-likeness (QED) is 0.459. The third-order valence-corrected chi connectivity index (χ3v) is 2.12. The third-order valence-electron chi connectivity index (χ3n) is 2.12. The SMILES string of the molecule is [C]1=CCC2C=CCOC2C1. The Kier molecular flexibility index (Phi) is 1.60. The molecule has 1 radical (unpaired) electrons. The molecule has 1 heteroatoms. The van der Waals surface area contributed by atoms with E-state index in [1.807, 2.05) is 0 Å². The van der Waals surface area contributed by atoms with Crippen molar-refractivity contribution in [2.75, 3.05) is 6.61 Å². The molecule has 10 heavy (non-hydrogen) atoms. The van der Waals surface area contributed by atoms with Gasteiger partial charge in [0.25, 0.3) is 0 Å². The molecule has 2 atom stereocenters. The molecule has 0 saturated carbocycles. The molecule has 0 fully saturated rings. The van der Waals surface area contributed by atoms with Crippen LogP contribution in [-0.4, -0.2) is 12.7 Å². The van der Waals surface area contributed by atoms with Gasteiger partial charge in [0.15, 0.2) is 0 Å². The maximum absolute atomic E-state index is 5.51. The number of rotatable bonds is 0. The molecule has 0 bridgehead atoms. The molecule has 0 N–H and O–H groups in total. The van der Waals surface area contributed by atoms with Gasteiger partial charge in [-0.1, -0.05) is 18.2 Å². The molecule has 1 aliphatic heterocycles. The van der Waals surface area contributed by atoms with Crippen molar-refractivity contribution in [3.63, 3.8) is 0 Å². The molecule has 0 aromatic rings. The van der Waals surface area contributed by atoms with Crippen LogP contribution in [-0.2, 0) is 4.74 Å². The molecule has 2 rings (SSSR count). The van der Waals surface area contributed by atoms with Crippen LogP contribution in [0.5, 0.6) is 0 Å². The molecule has 0 spiro atoms. The van der Waals surface area contributed by atoms with Crippen molar-refractivity contribution in [1.82, 2.24) is 0 Å². The van der Waals surface area contributed by atoms with E-state index in [2.05, 4.69) is 24.3 Å². The molecule has 0 aromatic carbocycles. The van der Waals surface area contributed by atoms with E-state index < -0.39 is 0 Å². The van der Waals surface area contributed by atoms with Gasteiger partial charge in [-0.2, -0.15) is 0 Å². The largest absolute Gasteiger partial charge is 0.373 e. The van der Waals surface area contributed by atoms with Crippen molar-refractivity contribution >= 4 is 0 Å². The minimum Gasteiger partial charge on any atom is -0.373 e. The lowest BCUT2D eigenvalue weighted by molar-refractivity contribution is 0.0313. The Labute approximate surface area is 61.4 Å². The Morgan fingerprint density at radius 3 is 3.40 bits per heavy atom. The first kappa shape index (κ1) is 6.17. The molecule has 1 nitrogen and oxygen atoms in total. The first-order valence-corrected chi connectivity index (χ1v) is 3.80. The number of ether oxygens (including phenoxy) is 1. The van der Waals surface area contributed by atoms with Crippen LogP contribution < -0.4 is 0 Å². The minimum absolute atomic E-state index is 0.426. The van der Waals surface area contributed by atoms with Crippen LogP contribution in [0.15, 0.2) is 18.2 Å². The number of hydrogen-bond donors (Lipinski definition) is 0. The monoisotopic (exact) mass is 135 g/mol. The van der Waals surface area contributed by atoms with E-state index in [0.717, 1.165) is 19.4 Å². The molecule has 2 aliphatic rings. The van der Waals surface area contributed by atoms with Gasteiger partial charge < -0.3 is 4.74 Å². The highest BCUT2D eigenvalue weighted by molar-refractivity contribution is 5.03. The van der Waals surface area contributed by atoms with Crippen molar-refractivity contribution in [3.05, 3.63) is 24.3 Å². The highest BCUT2D eigenvalue weighted by Gasteiger charge is 2.22. The summed E-state index contributed by atoms with van der Waals surface area (Å²) in [5.41, 5.74) is 0. The molecular weight excluding hydrogens is 124 g/mol. The summed E-state index contributed by atoms with van der Waals surface area (Å²) >= 11 is 0. The molecule has 1 heterocycles. The highest BCUT2D eigenvalue weighted by atomic mass is 16.5. The molecule has 0 saturated heterocycles. The first-order valence-electron chi connectivity index (χ1n) is 3.80. The average molecular weight is 135 g/mol. The van der Waals surface area contributed by atoms with E-state index in [4.69, 9.17) is 4.74 Å². The summed E-state index contributed by atoms with van der Waals surface area (Å²) in [6.45, 7) is 0.794. The lowest BCUT2D eigenvalue weighted by atomic mass is 9.90. The highest BCUT2D eigenvalue weighted by Crippen LogP contribution is 2.25. The van der Waals surface area contributed by atoms with Gasteiger partial charge in [0, 0.05) is 5.92 Å². The van der Waals surface area contributed by atoms with Gasteiger partial charge in [-0.15, -0.1) is 0 Å². The Hall–Kier alpha value is -0.560. The summed E-state index contributed by atoms with van der Waals surface area (Å²) < 4.78 is 5.51. The fourth-order valence-electron chi connectivity index (χ4n) is 1.52. The molecule has 2 unspecified atom stereocenters. The Morgan fingerprint density at radius 1 is 1.50 bits per heavy atom. The van der Waals surface area contributed by atoms with Gasteiger partial charge >= 0.3 is 0 Å². The van der Waals surface area contributed by atoms with E-state index in [0.29, 0.717) is 12.0 Å². The minimum atomic E-state index is 0.426. The van der Waals surface area contributed by atoms with E-state index >= 15 is 0 Å². The van der Waals surface area contributed by atoms with Crippen molar-refractivity contribution in [3.8, 4) is 0 Å². The fraction of sp³-hybridized carbons (Fsp3) is 0.556. The second-order valence-electron chi connectivity index (χ2n) is 2.81. The van der Waals surface area contributed by atoms with E-state index in [1.165, 1.54) is 0 Å². The predicted octanol–water partition coefficient (Wildman–Crippen LogP) is 1.71. The maximum atomic E-state index is 5.51.